The molecule has 0 spiro atoms. The third-order valence-corrected chi connectivity index (χ3v) is 7.50. The fourth-order valence-corrected chi connectivity index (χ4v) is 5.44. The Bertz CT molecular complexity index is 1020. The molecule has 1 unspecified atom stereocenters. The fourth-order valence-electron chi connectivity index (χ4n) is 3.60. The average Bonchev–Trinajstić information content (AvgIpc) is 3.32. The molecule has 0 radical (unpaired) electrons. The molecular formula is C24H27N3O2S2. The summed E-state index contributed by atoms with van der Waals surface area (Å²) in [4.78, 5) is 22.4. The largest absolute Gasteiger partial charge is 0.379 e. The zero-order valence-corrected chi connectivity index (χ0v) is 19.5. The highest BCUT2D eigenvalue weighted by atomic mass is 32.2. The summed E-state index contributed by atoms with van der Waals surface area (Å²) in [6, 6.07) is 14.3. The minimum Gasteiger partial charge on any atom is -0.379 e. The number of morpholine rings is 1. The number of amides is 1. The monoisotopic (exact) mass is 453 g/mol. The van der Waals surface area contributed by atoms with E-state index >= 15 is 0 Å². The number of aryl methyl sites for hydroxylation is 2. The Morgan fingerprint density at radius 3 is 2.77 bits per heavy atom. The van der Waals surface area contributed by atoms with Crippen molar-refractivity contribution in [1.29, 1.82) is 0 Å². The second-order valence-corrected chi connectivity index (χ2v) is 9.64. The zero-order chi connectivity index (χ0) is 21.6. The number of ether oxygens (including phenoxy) is 1. The van der Waals surface area contributed by atoms with Gasteiger partial charge in [-0.25, -0.2) is 4.98 Å². The molecule has 1 aliphatic heterocycles. The van der Waals surface area contributed by atoms with Crippen molar-refractivity contribution in [2.45, 2.75) is 29.8 Å². The second kappa shape index (κ2) is 10.4. The lowest BCUT2D eigenvalue weighted by molar-refractivity contribution is 0.0169. The van der Waals surface area contributed by atoms with E-state index in [4.69, 9.17) is 4.74 Å². The number of carbonyl (C=O) groups excluding carboxylic acids is 1. The molecule has 1 aliphatic rings. The van der Waals surface area contributed by atoms with Gasteiger partial charge in [-0.3, -0.25) is 9.69 Å². The van der Waals surface area contributed by atoms with Gasteiger partial charge in [0.1, 0.15) is 5.03 Å². The highest BCUT2D eigenvalue weighted by Gasteiger charge is 2.24. The predicted molar refractivity (Wildman–Crippen MR) is 126 cm³/mol. The molecule has 1 aromatic carbocycles. The van der Waals surface area contributed by atoms with E-state index in [0.29, 0.717) is 12.1 Å². The molecule has 31 heavy (non-hydrogen) atoms. The molecule has 1 N–H and O–H groups in total. The van der Waals surface area contributed by atoms with Crippen molar-refractivity contribution in [2.24, 2.45) is 0 Å². The Kier molecular flexibility index (Phi) is 7.40. The Labute approximate surface area is 191 Å². The van der Waals surface area contributed by atoms with Crippen LogP contribution in [0.3, 0.4) is 0 Å². The second-order valence-electron chi connectivity index (χ2n) is 7.59. The van der Waals surface area contributed by atoms with Gasteiger partial charge >= 0.3 is 0 Å². The standard InChI is InChI=1S/C24H27N3O2S2/c1-17-7-8-19(15-18(17)2)31-24-20(5-3-9-25-24)23(28)26-16-21(22-6-4-14-30-22)27-10-12-29-13-11-27/h3-9,14-15,21H,10-13,16H2,1-2H3,(H,26,28). The summed E-state index contributed by atoms with van der Waals surface area (Å²) in [5.41, 5.74) is 3.10. The van der Waals surface area contributed by atoms with E-state index in [0.717, 1.165) is 36.2 Å². The average molecular weight is 454 g/mol. The summed E-state index contributed by atoms with van der Waals surface area (Å²) < 4.78 is 5.51. The van der Waals surface area contributed by atoms with Crippen molar-refractivity contribution >= 4 is 29.0 Å². The normalized spacial score (nSPS) is 15.5. The molecule has 1 saturated heterocycles. The molecule has 3 aromatic rings. The minimum atomic E-state index is -0.0887. The van der Waals surface area contributed by atoms with Crippen LogP contribution in [0.4, 0.5) is 0 Å². The summed E-state index contributed by atoms with van der Waals surface area (Å²) in [5, 5.41) is 5.97. The summed E-state index contributed by atoms with van der Waals surface area (Å²) in [6.45, 7) is 7.97. The zero-order valence-electron chi connectivity index (χ0n) is 17.8. The van der Waals surface area contributed by atoms with E-state index < -0.39 is 0 Å². The molecule has 1 fully saturated rings. The first kappa shape index (κ1) is 22.0. The van der Waals surface area contributed by atoms with Crippen molar-refractivity contribution in [2.75, 3.05) is 32.8 Å². The SMILES string of the molecule is Cc1ccc(Sc2ncccc2C(=O)NCC(c2cccs2)N2CCOCC2)cc1C. The Morgan fingerprint density at radius 1 is 1.19 bits per heavy atom. The van der Waals surface area contributed by atoms with Gasteiger partial charge in [0, 0.05) is 35.6 Å². The van der Waals surface area contributed by atoms with Crippen LogP contribution < -0.4 is 5.32 Å². The lowest BCUT2D eigenvalue weighted by Gasteiger charge is -2.34. The van der Waals surface area contributed by atoms with E-state index in [1.54, 1.807) is 17.5 Å². The van der Waals surface area contributed by atoms with Crippen LogP contribution in [0.5, 0.6) is 0 Å². The van der Waals surface area contributed by atoms with Gasteiger partial charge in [-0.15, -0.1) is 11.3 Å². The third-order valence-electron chi connectivity index (χ3n) is 5.52. The van der Waals surface area contributed by atoms with Gasteiger partial charge in [-0.05, 0) is 60.7 Å². The lowest BCUT2D eigenvalue weighted by Crippen LogP contribution is -2.43. The molecule has 0 bridgehead atoms. The smallest absolute Gasteiger partial charge is 0.254 e. The number of nitrogens with zero attached hydrogens (tertiary/aromatic N) is 2. The highest BCUT2D eigenvalue weighted by molar-refractivity contribution is 7.99. The summed E-state index contributed by atoms with van der Waals surface area (Å²) in [7, 11) is 0. The first-order valence-electron chi connectivity index (χ1n) is 10.5. The van der Waals surface area contributed by atoms with E-state index in [-0.39, 0.29) is 11.9 Å². The lowest BCUT2D eigenvalue weighted by atomic mass is 10.1. The van der Waals surface area contributed by atoms with Gasteiger partial charge in [-0.2, -0.15) is 0 Å². The highest BCUT2D eigenvalue weighted by Crippen LogP contribution is 2.30. The van der Waals surface area contributed by atoms with Crippen LogP contribution >= 0.6 is 23.1 Å². The van der Waals surface area contributed by atoms with Crippen LogP contribution in [0.1, 0.15) is 32.4 Å². The number of pyridine rings is 1. The topological polar surface area (TPSA) is 54.5 Å². The summed E-state index contributed by atoms with van der Waals surface area (Å²) >= 11 is 3.26. The summed E-state index contributed by atoms with van der Waals surface area (Å²) in [6.07, 6.45) is 1.74. The van der Waals surface area contributed by atoms with Gasteiger partial charge in [0.05, 0.1) is 24.8 Å². The molecular weight excluding hydrogens is 426 g/mol. The molecule has 1 amide bonds. The Morgan fingerprint density at radius 2 is 2.03 bits per heavy atom. The van der Waals surface area contributed by atoms with E-state index in [1.807, 2.05) is 12.1 Å². The van der Waals surface area contributed by atoms with Crippen LogP contribution in [0.2, 0.25) is 0 Å². The molecule has 0 saturated carbocycles. The van der Waals surface area contributed by atoms with Gasteiger partial charge in [0.15, 0.2) is 0 Å². The number of thiophene rings is 1. The van der Waals surface area contributed by atoms with Gasteiger partial charge in [0.2, 0.25) is 0 Å². The first-order chi connectivity index (χ1) is 15.1. The Hall–Kier alpha value is -2.19. The molecule has 3 heterocycles. The molecule has 0 aliphatic carbocycles. The molecule has 4 rings (SSSR count). The number of hydrogen-bond acceptors (Lipinski definition) is 6. The van der Waals surface area contributed by atoms with Gasteiger partial charge in [0.25, 0.3) is 5.91 Å². The van der Waals surface area contributed by atoms with Crippen molar-refractivity contribution in [3.8, 4) is 0 Å². The first-order valence-corrected chi connectivity index (χ1v) is 12.1. The van der Waals surface area contributed by atoms with Crippen molar-refractivity contribution in [1.82, 2.24) is 15.2 Å². The summed E-state index contributed by atoms with van der Waals surface area (Å²) in [5.74, 6) is -0.0887. The number of carbonyl (C=O) groups is 1. The number of aromatic nitrogens is 1. The van der Waals surface area contributed by atoms with E-state index in [2.05, 4.69) is 64.8 Å². The third kappa shape index (κ3) is 5.54. The minimum absolute atomic E-state index is 0.0887. The Balaban J connectivity index is 1.48. The van der Waals surface area contributed by atoms with Crippen LogP contribution in [-0.4, -0.2) is 48.6 Å². The van der Waals surface area contributed by atoms with Crippen LogP contribution in [-0.2, 0) is 4.74 Å². The van der Waals surface area contributed by atoms with E-state index in [1.165, 1.54) is 27.8 Å². The van der Waals surface area contributed by atoms with Gasteiger partial charge < -0.3 is 10.1 Å². The van der Waals surface area contributed by atoms with Crippen LogP contribution in [0.15, 0.2) is 64.0 Å². The van der Waals surface area contributed by atoms with Crippen molar-refractivity contribution < 1.29 is 9.53 Å². The quantitative estimate of drug-likeness (QED) is 0.561. The fraction of sp³-hybridized carbons (Fsp3) is 0.333. The van der Waals surface area contributed by atoms with Crippen LogP contribution in [0.25, 0.3) is 0 Å². The maximum absolute atomic E-state index is 13.1. The molecule has 2 aromatic heterocycles. The molecule has 7 heteroatoms. The molecule has 5 nitrogen and oxygen atoms in total. The molecule has 162 valence electrons. The number of hydrogen-bond donors (Lipinski definition) is 1. The maximum atomic E-state index is 13.1. The predicted octanol–water partition coefficient (Wildman–Crippen LogP) is 4.71. The number of benzene rings is 1. The van der Waals surface area contributed by atoms with Gasteiger partial charge in [-0.1, -0.05) is 23.9 Å². The van der Waals surface area contributed by atoms with E-state index in [9.17, 15) is 4.79 Å². The maximum Gasteiger partial charge on any atom is 0.254 e. The van der Waals surface area contributed by atoms with Crippen molar-refractivity contribution in [3.05, 3.63) is 75.6 Å². The van der Waals surface area contributed by atoms with Crippen LogP contribution in [0, 0.1) is 13.8 Å². The molecule has 1 atom stereocenters. The van der Waals surface area contributed by atoms with Crippen molar-refractivity contribution in [3.63, 3.8) is 0 Å². The number of nitrogens with one attached hydrogen (secondary N) is 1. The number of rotatable bonds is 7.